The smallest absolute Gasteiger partial charge is 0.260 e. The Morgan fingerprint density at radius 2 is 2.13 bits per heavy atom. The molecule has 128 valence electrons. The number of carbonyl (C=O) groups is 1. The van der Waals surface area contributed by atoms with Gasteiger partial charge in [-0.3, -0.25) is 4.79 Å². The fourth-order valence-corrected chi connectivity index (χ4v) is 2.58. The number of likely N-dealkylation sites (tertiary alicyclic amines) is 1. The Labute approximate surface area is 140 Å². The van der Waals surface area contributed by atoms with Gasteiger partial charge in [0.1, 0.15) is 11.6 Å². The molecular weight excluding hydrogens is 323 g/mol. The molecule has 1 amide bonds. The first kappa shape index (κ1) is 18.0. The molecule has 0 aliphatic carbocycles. The fourth-order valence-electron chi connectivity index (χ4n) is 2.41. The SMILES string of the molecule is NCCCOC1CCN(C(=O)COc2ccc(F)c(Cl)c2)CC1. The summed E-state index contributed by atoms with van der Waals surface area (Å²) in [5.74, 6) is -0.224. The maximum absolute atomic E-state index is 13.1. The summed E-state index contributed by atoms with van der Waals surface area (Å²) in [5, 5.41) is -0.0228. The van der Waals surface area contributed by atoms with Crippen molar-refractivity contribution < 1.29 is 18.7 Å². The van der Waals surface area contributed by atoms with Gasteiger partial charge in [0.25, 0.3) is 5.91 Å². The number of halogens is 2. The molecule has 0 saturated carbocycles. The molecular formula is C16H22ClFN2O3. The molecule has 1 fully saturated rings. The lowest BCUT2D eigenvalue weighted by molar-refractivity contribution is -0.136. The maximum atomic E-state index is 13.1. The summed E-state index contributed by atoms with van der Waals surface area (Å²) in [6.07, 6.45) is 2.69. The Kier molecular flexibility index (Phi) is 7.08. The number of nitrogens with zero attached hydrogens (tertiary/aromatic N) is 1. The van der Waals surface area contributed by atoms with Crippen LogP contribution in [0, 0.1) is 5.82 Å². The van der Waals surface area contributed by atoms with Gasteiger partial charge in [0.05, 0.1) is 11.1 Å². The van der Waals surface area contributed by atoms with E-state index in [0.717, 1.165) is 19.3 Å². The zero-order chi connectivity index (χ0) is 16.7. The molecule has 1 aliphatic rings. The standard InChI is InChI=1S/C16H22ClFN2O3/c17-14-10-13(2-3-15(14)18)23-11-16(21)20-7-4-12(5-8-20)22-9-1-6-19/h2-3,10,12H,1,4-9,11,19H2. The van der Waals surface area contributed by atoms with Crippen LogP contribution in [0.5, 0.6) is 5.75 Å². The number of amides is 1. The second kappa shape index (κ2) is 9.05. The number of ether oxygens (including phenoxy) is 2. The predicted octanol–water partition coefficient (Wildman–Crippen LogP) is 2.21. The third-order valence-electron chi connectivity index (χ3n) is 3.75. The van der Waals surface area contributed by atoms with Crippen molar-refractivity contribution in [3.63, 3.8) is 0 Å². The molecule has 2 N–H and O–H groups in total. The lowest BCUT2D eigenvalue weighted by Crippen LogP contribution is -2.43. The largest absolute Gasteiger partial charge is 0.484 e. The van der Waals surface area contributed by atoms with Gasteiger partial charge in [-0.15, -0.1) is 0 Å². The molecule has 1 aromatic rings. The first-order valence-electron chi connectivity index (χ1n) is 7.77. The van der Waals surface area contributed by atoms with Crippen LogP contribution in [0.25, 0.3) is 0 Å². The summed E-state index contributed by atoms with van der Waals surface area (Å²) in [4.78, 5) is 13.9. The van der Waals surface area contributed by atoms with E-state index in [1.807, 2.05) is 0 Å². The minimum atomic E-state index is -0.512. The van der Waals surface area contributed by atoms with E-state index < -0.39 is 5.82 Å². The number of rotatable bonds is 7. The average molecular weight is 345 g/mol. The van der Waals surface area contributed by atoms with E-state index in [-0.39, 0.29) is 23.6 Å². The minimum absolute atomic E-state index is 0.0228. The van der Waals surface area contributed by atoms with Crippen LogP contribution in [-0.2, 0) is 9.53 Å². The molecule has 1 aromatic carbocycles. The lowest BCUT2D eigenvalue weighted by atomic mass is 10.1. The zero-order valence-electron chi connectivity index (χ0n) is 13.0. The molecule has 2 rings (SSSR count). The Hall–Kier alpha value is -1.37. The molecule has 0 atom stereocenters. The van der Waals surface area contributed by atoms with Crippen LogP contribution in [0.3, 0.4) is 0 Å². The van der Waals surface area contributed by atoms with Crippen molar-refractivity contribution in [2.75, 3.05) is 32.8 Å². The van der Waals surface area contributed by atoms with E-state index >= 15 is 0 Å². The zero-order valence-corrected chi connectivity index (χ0v) is 13.7. The van der Waals surface area contributed by atoms with E-state index in [1.54, 1.807) is 4.90 Å². The van der Waals surface area contributed by atoms with E-state index in [9.17, 15) is 9.18 Å². The maximum Gasteiger partial charge on any atom is 0.260 e. The number of nitrogens with two attached hydrogens (primary N) is 1. The van der Waals surface area contributed by atoms with Gasteiger partial charge >= 0.3 is 0 Å². The van der Waals surface area contributed by atoms with E-state index in [4.69, 9.17) is 26.8 Å². The first-order valence-corrected chi connectivity index (χ1v) is 8.15. The van der Waals surface area contributed by atoms with Crippen LogP contribution in [0.15, 0.2) is 18.2 Å². The molecule has 0 aromatic heterocycles. The summed E-state index contributed by atoms with van der Waals surface area (Å²) in [7, 11) is 0. The highest BCUT2D eigenvalue weighted by atomic mass is 35.5. The van der Waals surface area contributed by atoms with Crippen LogP contribution < -0.4 is 10.5 Å². The van der Waals surface area contributed by atoms with Crippen LogP contribution >= 0.6 is 11.6 Å². The van der Waals surface area contributed by atoms with Gasteiger partial charge in [0.2, 0.25) is 0 Å². The van der Waals surface area contributed by atoms with Gasteiger partial charge in [0, 0.05) is 25.8 Å². The minimum Gasteiger partial charge on any atom is -0.484 e. The third-order valence-corrected chi connectivity index (χ3v) is 4.04. The van der Waals surface area contributed by atoms with Crippen molar-refractivity contribution in [1.29, 1.82) is 0 Å². The molecule has 23 heavy (non-hydrogen) atoms. The Balaban J connectivity index is 1.71. The van der Waals surface area contributed by atoms with E-state index in [2.05, 4.69) is 0 Å². The summed E-state index contributed by atoms with van der Waals surface area (Å²) in [6.45, 7) is 2.52. The number of hydrogen-bond donors (Lipinski definition) is 1. The molecule has 1 heterocycles. The Morgan fingerprint density at radius 3 is 2.78 bits per heavy atom. The van der Waals surface area contributed by atoms with Crippen LogP contribution in [0.2, 0.25) is 5.02 Å². The van der Waals surface area contributed by atoms with Crippen molar-refractivity contribution >= 4 is 17.5 Å². The monoisotopic (exact) mass is 344 g/mol. The lowest BCUT2D eigenvalue weighted by Gasteiger charge is -2.31. The Morgan fingerprint density at radius 1 is 1.39 bits per heavy atom. The molecule has 1 aliphatic heterocycles. The van der Waals surface area contributed by atoms with Crippen molar-refractivity contribution in [2.24, 2.45) is 5.73 Å². The topological polar surface area (TPSA) is 64.8 Å². The van der Waals surface area contributed by atoms with Crippen molar-refractivity contribution in [3.05, 3.63) is 29.0 Å². The van der Waals surface area contributed by atoms with E-state index in [1.165, 1.54) is 18.2 Å². The second-order valence-electron chi connectivity index (χ2n) is 5.46. The number of benzene rings is 1. The molecule has 0 spiro atoms. The molecule has 7 heteroatoms. The number of hydrogen-bond acceptors (Lipinski definition) is 4. The van der Waals surface area contributed by atoms with Gasteiger partial charge in [-0.25, -0.2) is 4.39 Å². The first-order chi connectivity index (χ1) is 11.1. The van der Waals surface area contributed by atoms with Crippen LogP contribution in [0.4, 0.5) is 4.39 Å². The van der Waals surface area contributed by atoms with Gasteiger partial charge < -0.3 is 20.1 Å². The Bertz CT molecular complexity index is 522. The number of carbonyl (C=O) groups excluding carboxylic acids is 1. The van der Waals surface area contributed by atoms with Crippen molar-refractivity contribution in [1.82, 2.24) is 4.90 Å². The number of piperidine rings is 1. The molecule has 0 radical (unpaired) electrons. The molecule has 1 saturated heterocycles. The highest BCUT2D eigenvalue weighted by Gasteiger charge is 2.23. The van der Waals surface area contributed by atoms with Crippen LogP contribution in [0.1, 0.15) is 19.3 Å². The molecule has 5 nitrogen and oxygen atoms in total. The molecule has 0 unspecified atom stereocenters. The quantitative estimate of drug-likeness (QED) is 0.770. The highest BCUT2D eigenvalue weighted by molar-refractivity contribution is 6.30. The fraction of sp³-hybridized carbons (Fsp3) is 0.562. The summed E-state index contributed by atoms with van der Waals surface area (Å²) >= 11 is 5.67. The average Bonchev–Trinajstić information content (AvgIpc) is 2.56. The van der Waals surface area contributed by atoms with Crippen molar-refractivity contribution in [2.45, 2.75) is 25.4 Å². The second-order valence-corrected chi connectivity index (χ2v) is 5.86. The van der Waals surface area contributed by atoms with Gasteiger partial charge in [-0.1, -0.05) is 11.6 Å². The summed E-state index contributed by atoms with van der Waals surface area (Å²) in [6, 6.07) is 4.03. The normalized spacial score (nSPS) is 15.7. The summed E-state index contributed by atoms with van der Waals surface area (Å²) in [5.41, 5.74) is 5.43. The molecule has 0 bridgehead atoms. The van der Waals surface area contributed by atoms with Gasteiger partial charge in [0.15, 0.2) is 6.61 Å². The highest BCUT2D eigenvalue weighted by Crippen LogP contribution is 2.21. The van der Waals surface area contributed by atoms with Crippen molar-refractivity contribution in [3.8, 4) is 5.75 Å². The van der Waals surface area contributed by atoms with E-state index in [0.29, 0.717) is 32.0 Å². The van der Waals surface area contributed by atoms with Crippen LogP contribution in [-0.4, -0.2) is 49.8 Å². The summed E-state index contributed by atoms with van der Waals surface area (Å²) < 4.78 is 24.1. The van der Waals surface area contributed by atoms with Gasteiger partial charge in [-0.05, 0) is 37.9 Å². The third kappa shape index (κ3) is 5.64. The predicted molar refractivity (Wildman–Crippen MR) is 86.1 cm³/mol. The van der Waals surface area contributed by atoms with Gasteiger partial charge in [-0.2, -0.15) is 0 Å².